The standard InChI is InChI=1S/C9H14F3N3/c1-3-7(6-13-2)15-5-4-8(14-15)9(10,11)12/h4-5,7,13H,3,6H2,1-2H3. The molecular weight excluding hydrogens is 207 g/mol. The predicted octanol–water partition coefficient (Wildman–Crippen LogP) is 2.07. The minimum absolute atomic E-state index is 0.0360. The first-order valence-corrected chi connectivity index (χ1v) is 4.76. The summed E-state index contributed by atoms with van der Waals surface area (Å²) in [6, 6.07) is 0.962. The van der Waals surface area contributed by atoms with Crippen molar-refractivity contribution in [2.24, 2.45) is 0 Å². The van der Waals surface area contributed by atoms with Gasteiger partial charge in [0, 0.05) is 12.7 Å². The lowest BCUT2D eigenvalue weighted by molar-refractivity contribution is -0.141. The minimum atomic E-state index is -4.36. The largest absolute Gasteiger partial charge is 0.435 e. The first kappa shape index (κ1) is 12.0. The van der Waals surface area contributed by atoms with Crippen molar-refractivity contribution in [3.63, 3.8) is 0 Å². The van der Waals surface area contributed by atoms with Crippen molar-refractivity contribution in [1.82, 2.24) is 15.1 Å². The van der Waals surface area contributed by atoms with Crippen LogP contribution in [0.3, 0.4) is 0 Å². The Bertz CT molecular complexity index is 306. The maximum absolute atomic E-state index is 12.3. The van der Waals surface area contributed by atoms with Gasteiger partial charge in [-0.15, -0.1) is 0 Å². The number of nitrogens with zero attached hydrogens (tertiary/aromatic N) is 2. The third kappa shape index (κ3) is 2.95. The fourth-order valence-corrected chi connectivity index (χ4v) is 1.35. The normalized spacial score (nSPS) is 14.2. The van der Waals surface area contributed by atoms with Crippen LogP contribution in [0.15, 0.2) is 12.3 Å². The molecule has 1 heterocycles. The highest BCUT2D eigenvalue weighted by atomic mass is 19.4. The number of hydrogen-bond donors (Lipinski definition) is 1. The molecule has 1 aromatic rings. The first-order chi connectivity index (χ1) is 6.99. The van der Waals surface area contributed by atoms with Gasteiger partial charge in [-0.1, -0.05) is 6.92 Å². The van der Waals surface area contributed by atoms with E-state index < -0.39 is 11.9 Å². The van der Waals surface area contributed by atoms with E-state index in [4.69, 9.17) is 0 Å². The summed E-state index contributed by atoms with van der Waals surface area (Å²) >= 11 is 0. The van der Waals surface area contributed by atoms with Crippen molar-refractivity contribution < 1.29 is 13.2 Å². The molecule has 0 fully saturated rings. The summed E-state index contributed by atoms with van der Waals surface area (Å²) in [5.41, 5.74) is -0.836. The summed E-state index contributed by atoms with van der Waals surface area (Å²) in [5, 5.41) is 6.45. The number of rotatable bonds is 4. The molecule has 0 saturated carbocycles. The van der Waals surface area contributed by atoms with E-state index in [-0.39, 0.29) is 6.04 Å². The molecule has 1 atom stereocenters. The van der Waals surface area contributed by atoms with Gasteiger partial charge in [0.05, 0.1) is 6.04 Å². The maximum atomic E-state index is 12.3. The summed E-state index contributed by atoms with van der Waals surface area (Å²) in [7, 11) is 1.76. The van der Waals surface area contributed by atoms with E-state index in [1.807, 2.05) is 6.92 Å². The number of nitrogens with one attached hydrogen (secondary N) is 1. The molecule has 1 N–H and O–H groups in total. The molecule has 1 unspecified atom stereocenters. The van der Waals surface area contributed by atoms with Crippen LogP contribution in [-0.2, 0) is 6.18 Å². The fraction of sp³-hybridized carbons (Fsp3) is 0.667. The van der Waals surface area contributed by atoms with E-state index in [0.29, 0.717) is 6.54 Å². The molecule has 15 heavy (non-hydrogen) atoms. The van der Waals surface area contributed by atoms with Crippen LogP contribution in [-0.4, -0.2) is 23.4 Å². The third-order valence-corrected chi connectivity index (χ3v) is 2.18. The Morgan fingerprint density at radius 3 is 2.60 bits per heavy atom. The molecule has 1 rings (SSSR count). The van der Waals surface area contributed by atoms with Crippen molar-refractivity contribution >= 4 is 0 Å². The number of likely N-dealkylation sites (N-methyl/N-ethyl adjacent to an activating group) is 1. The third-order valence-electron chi connectivity index (χ3n) is 2.18. The van der Waals surface area contributed by atoms with Gasteiger partial charge in [0.25, 0.3) is 0 Å². The van der Waals surface area contributed by atoms with E-state index in [9.17, 15) is 13.2 Å². The molecule has 3 nitrogen and oxygen atoms in total. The number of halogens is 3. The summed E-state index contributed by atoms with van der Waals surface area (Å²) in [6.45, 7) is 2.52. The van der Waals surface area contributed by atoms with Gasteiger partial charge in [-0.3, -0.25) is 4.68 Å². The summed E-state index contributed by atoms with van der Waals surface area (Å²) in [6.07, 6.45) is -2.25. The molecule has 6 heteroatoms. The van der Waals surface area contributed by atoms with Crippen LogP contribution in [0.4, 0.5) is 13.2 Å². The van der Waals surface area contributed by atoms with E-state index in [1.54, 1.807) is 7.05 Å². The molecule has 0 amide bonds. The van der Waals surface area contributed by atoms with Crippen molar-refractivity contribution in [2.45, 2.75) is 25.6 Å². The molecule has 86 valence electrons. The zero-order chi connectivity index (χ0) is 11.5. The van der Waals surface area contributed by atoms with Crippen molar-refractivity contribution in [3.05, 3.63) is 18.0 Å². The topological polar surface area (TPSA) is 29.9 Å². The highest BCUT2D eigenvalue weighted by molar-refractivity contribution is 5.03. The van der Waals surface area contributed by atoms with Gasteiger partial charge < -0.3 is 5.32 Å². The zero-order valence-corrected chi connectivity index (χ0v) is 8.67. The molecule has 0 bridgehead atoms. The van der Waals surface area contributed by atoms with Crippen molar-refractivity contribution in [2.75, 3.05) is 13.6 Å². The lowest BCUT2D eigenvalue weighted by atomic mass is 10.2. The summed E-state index contributed by atoms with van der Waals surface area (Å²) < 4.78 is 38.1. The second kappa shape index (κ2) is 4.65. The SMILES string of the molecule is CCC(CNC)n1ccc(C(F)(F)F)n1. The van der Waals surface area contributed by atoms with Crippen molar-refractivity contribution in [3.8, 4) is 0 Å². The molecule has 0 saturated heterocycles. The molecule has 0 aliphatic rings. The van der Waals surface area contributed by atoms with Gasteiger partial charge >= 0.3 is 6.18 Å². The van der Waals surface area contributed by atoms with Gasteiger partial charge in [-0.2, -0.15) is 18.3 Å². The van der Waals surface area contributed by atoms with Crippen LogP contribution in [0.5, 0.6) is 0 Å². The monoisotopic (exact) mass is 221 g/mol. The Kier molecular flexibility index (Phi) is 3.73. The van der Waals surface area contributed by atoms with E-state index in [2.05, 4.69) is 10.4 Å². The van der Waals surface area contributed by atoms with Gasteiger partial charge in [-0.05, 0) is 19.5 Å². The predicted molar refractivity (Wildman–Crippen MR) is 50.5 cm³/mol. The lowest BCUT2D eigenvalue weighted by Crippen LogP contribution is -2.22. The summed E-state index contributed by atoms with van der Waals surface area (Å²) in [5.74, 6) is 0. The smallest absolute Gasteiger partial charge is 0.318 e. The molecule has 1 aromatic heterocycles. The second-order valence-corrected chi connectivity index (χ2v) is 3.30. The molecule has 0 radical (unpaired) electrons. The molecular formula is C9H14F3N3. The Morgan fingerprint density at radius 2 is 2.20 bits per heavy atom. The number of hydrogen-bond acceptors (Lipinski definition) is 2. The zero-order valence-electron chi connectivity index (χ0n) is 8.67. The van der Waals surface area contributed by atoms with Crippen LogP contribution in [0.1, 0.15) is 25.1 Å². The van der Waals surface area contributed by atoms with Crippen LogP contribution in [0.2, 0.25) is 0 Å². The highest BCUT2D eigenvalue weighted by Crippen LogP contribution is 2.28. The van der Waals surface area contributed by atoms with Gasteiger partial charge in [0.15, 0.2) is 5.69 Å². The summed E-state index contributed by atoms with van der Waals surface area (Å²) in [4.78, 5) is 0. The van der Waals surface area contributed by atoms with Gasteiger partial charge in [-0.25, -0.2) is 0 Å². The Hall–Kier alpha value is -1.04. The maximum Gasteiger partial charge on any atom is 0.435 e. The average Bonchev–Trinajstić information content (AvgIpc) is 2.62. The fourth-order valence-electron chi connectivity index (χ4n) is 1.35. The van der Waals surface area contributed by atoms with E-state index >= 15 is 0 Å². The van der Waals surface area contributed by atoms with Crippen LogP contribution >= 0.6 is 0 Å². The highest BCUT2D eigenvalue weighted by Gasteiger charge is 2.33. The average molecular weight is 221 g/mol. The Morgan fingerprint density at radius 1 is 1.53 bits per heavy atom. The molecule has 0 spiro atoms. The van der Waals surface area contributed by atoms with Gasteiger partial charge in [0.2, 0.25) is 0 Å². The van der Waals surface area contributed by atoms with E-state index in [1.165, 1.54) is 10.9 Å². The van der Waals surface area contributed by atoms with Gasteiger partial charge in [0.1, 0.15) is 0 Å². The molecule has 0 aliphatic carbocycles. The minimum Gasteiger partial charge on any atom is -0.318 e. The second-order valence-electron chi connectivity index (χ2n) is 3.30. The Balaban J connectivity index is 2.82. The van der Waals surface area contributed by atoms with Crippen molar-refractivity contribution in [1.29, 1.82) is 0 Å². The van der Waals surface area contributed by atoms with Crippen LogP contribution in [0.25, 0.3) is 0 Å². The van der Waals surface area contributed by atoms with Crippen LogP contribution in [0, 0.1) is 0 Å². The quantitative estimate of drug-likeness (QED) is 0.843. The van der Waals surface area contributed by atoms with Crippen LogP contribution < -0.4 is 5.32 Å². The molecule has 0 aromatic carbocycles. The number of alkyl halides is 3. The number of aromatic nitrogens is 2. The first-order valence-electron chi connectivity index (χ1n) is 4.76. The Labute approximate surface area is 86.3 Å². The lowest BCUT2D eigenvalue weighted by Gasteiger charge is -2.14. The molecule has 0 aliphatic heterocycles. The van der Waals surface area contributed by atoms with E-state index in [0.717, 1.165) is 12.5 Å².